The lowest BCUT2D eigenvalue weighted by molar-refractivity contribution is -0.117. The SMILES string of the molecule is CC[C@@H](C(=O)Nc1ccccc1Sc1ccccc1)N(c1ccccc1)S(C)(=O)=O. The average Bonchev–Trinajstić information content (AvgIpc) is 2.73. The molecule has 156 valence electrons. The number of carbonyl (C=O) groups is 1. The van der Waals surface area contributed by atoms with Crippen LogP contribution in [-0.2, 0) is 14.8 Å². The third-order valence-electron chi connectivity index (χ3n) is 4.46. The molecule has 0 saturated heterocycles. The van der Waals surface area contributed by atoms with Gasteiger partial charge in [-0.05, 0) is 42.8 Å². The molecule has 1 amide bonds. The van der Waals surface area contributed by atoms with E-state index in [2.05, 4.69) is 5.32 Å². The lowest BCUT2D eigenvalue weighted by Gasteiger charge is -2.30. The van der Waals surface area contributed by atoms with Crippen LogP contribution in [0, 0.1) is 0 Å². The fraction of sp³-hybridized carbons (Fsp3) is 0.174. The second kappa shape index (κ2) is 9.82. The number of hydrogen-bond donors (Lipinski definition) is 1. The van der Waals surface area contributed by atoms with Gasteiger partial charge in [0.15, 0.2) is 0 Å². The summed E-state index contributed by atoms with van der Waals surface area (Å²) in [4.78, 5) is 15.1. The van der Waals surface area contributed by atoms with E-state index < -0.39 is 16.1 Å². The minimum Gasteiger partial charge on any atom is -0.323 e. The summed E-state index contributed by atoms with van der Waals surface area (Å²) in [5.74, 6) is -0.368. The first-order valence-corrected chi connectivity index (χ1v) is 12.2. The number of anilines is 2. The highest BCUT2D eigenvalue weighted by Gasteiger charge is 2.31. The van der Waals surface area contributed by atoms with Crippen molar-refractivity contribution in [1.82, 2.24) is 0 Å². The summed E-state index contributed by atoms with van der Waals surface area (Å²) in [5.41, 5.74) is 1.12. The zero-order valence-corrected chi connectivity index (χ0v) is 18.5. The maximum Gasteiger partial charge on any atom is 0.248 e. The zero-order chi connectivity index (χ0) is 21.6. The molecule has 5 nitrogen and oxygen atoms in total. The van der Waals surface area contributed by atoms with Crippen LogP contribution in [0.2, 0.25) is 0 Å². The van der Waals surface area contributed by atoms with Crippen molar-refractivity contribution < 1.29 is 13.2 Å². The van der Waals surface area contributed by atoms with Crippen LogP contribution >= 0.6 is 11.8 Å². The number of nitrogens with one attached hydrogen (secondary N) is 1. The minimum absolute atomic E-state index is 0.335. The predicted octanol–water partition coefficient (Wildman–Crippen LogP) is 5.02. The number of hydrogen-bond acceptors (Lipinski definition) is 4. The first-order chi connectivity index (χ1) is 14.4. The van der Waals surface area contributed by atoms with Crippen molar-refractivity contribution in [3.8, 4) is 0 Å². The van der Waals surface area contributed by atoms with Crippen LogP contribution in [0.15, 0.2) is 94.7 Å². The minimum atomic E-state index is -3.66. The molecule has 30 heavy (non-hydrogen) atoms. The Hall–Kier alpha value is -2.77. The largest absolute Gasteiger partial charge is 0.323 e. The molecule has 0 aliphatic heterocycles. The van der Waals surface area contributed by atoms with Crippen molar-refractivity contribution in [2.24, 2.45) is 0 Å². The third kappa shape index (κ3) is 5.43. The number of carbonyl (C=O) groups excluding carboxylic acids is 1. The van der Waals surface area contributed by atoms with E-state index in [0.29, 0.717) is 17.8 Å². The molecule has 0 spiro atoms. The summed E-state index contributed by atoms with van der Waals surface area (Å²) in [6, 6.07) is 25.2. The summed E-state index contributed by atoms with van der Waals surface area (Å²) in [6.45, 7) is 1.80. The van der Waals surface area contributed by atoms with E-state index in [9.17, 15) is 13.2 Å². The Morgan fingerprint density at radius 3 is 2.10 bits per heavy atom. The average molecular weight is 441 g/mol. The third-order valence-corrected chi connectivity index (χ3v) is 6.72. The van der Waals surface area contributed by atoms with Crippen molar-refractivity contribution in [2.45, 2.75) is 29.2 Å². The topological polar surface area (TPSA) is 66.5 Å². The molecule has 3 aromatic carbocycles. The van der Waals surface area contributed by atoms with E-state index >= 15 is 0 Å². The van der Waals surface area contributed by atoms with E-state index in [1.165, 1.54) is 16.1 Å². The maximum absolute atomic E-state index is 13.2. The molecule has 0 saturated carbocycles. The van der Waals surface area contributed by atoms with Crippen LogP contribution in [0.5, 0.6) is 0 Å². The molecule has 0 aliphatic carbocycles. The van der Waals surface area contributed by atoms with Gasteiger partial charge < -0.3 is 5.32 Å². The Bertz CT molecular complexity index is 1090. The quantitative estimate of drug-likeness (QED) is 0.534. The zero-order valence-electron chi connectivity index (χ0n) is 16.9. The molecule has 0 bridgehead atoms. The Kier molecular flexibility index (Phi) is 7.18. The normalized spacial score (nSPS) is 12.2. The number of benzene rings is 3. The molecule has 3 rings (SSSR count). The molecule has 1 N–H and O–H groups in total. The van der Waals surface area contributed by atoms with Gasteiger partial charge >= 0.3 is 0 Å². The predicted molar refractivity (Wildman–Crippen MR) is 123 cm³/mol. The summed E-state index contributed by atoms with van der Waals surface area (Å²) in [5, 5.41) is 2.94. The molecule has 0 radical (unpaired) electrons. The molecule has 0 unspecified atom stereocenters. The van der Waals surface area contributed by atoms with Gasteiger partial charge in [-0.3, -0.25) is 9.10 Å². The van der Waals surface area contributed by atoms with Crippen LogP contribution in [0.25, 0.3) is 0 Å². The van der Waals surface area contributed by atoms with Gasteiger partial charge in [-0.2, -0.15) is 0 Å². The lowest BCUT2D eigenvalue weighted by atomic mass is 10.2. The molecule has 0 aliphatic rings. The van der Waals surface area contributed by atoms with Crippen LogP contribution in [0.1, 0.15) is 13.3 Å². The first-order valence-electron chi connectivity index (χ1n) is 9.57. The number of para-hydroxylation sites is 2. The number of amides is 1. The second-order valence-electron chi connectivity index (χ2n) is 6.72. The standard InChI is InChI=1S/C23H24N2O3S2/c1-3-21(25(30(2,27)28)18-12-6-4-7-13-18)23(26)24-20-16-10-11-17-22(20)29-19-14-8-5-9-15-19/h4-17,21H,3H2,1-2H3,(H,24,26)/t21-/m0/s1. The van der Waals surface area contributed by atoms with E-state index in [1.807, 2.05) is 60.7 Å². The molecular weight excluding hydrogens is 416 g/mol. The molecule has 0 heterocycles. The fourth-order valence-corrected chi connectivity index (χ4v) is 5.26. The van der Waals surface area contributed by atoms with Crippen LogP contribution in [0.3, 0.4) is 0 Å². The summed E-state index contributed by atoms with van der Waals surface area (Å²) in [7, 11) is -3.66. The van der Waals surface area contributed by atoms with Gasteiger partial charge in [0.05, 0.1) is 17.6 Å². The van der Waals surface area contributed by atoms with E-state index in [4.69, 9.17) is 0 Å². The number of sulfonamides is 1. The Labute approximate surface area is 182 Å². The Morgan fingerprint density at radius 2 is 1.50 bits per heavy atom. The monoisotopic (exact) mass is 440 g/mol. The van der Waals surface area contributed by atoms with E-state index in [0.717, 1.165) is 16.0 Å². The van der Waals surface area contributed by atoms with Crippen LogP contribution in [0.4, 0.5) is 11.4 Å². The van der Waals surface area contributed by atoms with E-state index in [-0.39, 0.29) is 5.91 Å². The van der Waals surface area contributed by atoms with Gasteiger partial charge in [-0.15, -0.1) is 0 Å². The van der Waals surface area contributed by atoms with E-state index in [1.54, 1.807) is 31.2 Å². The smallest absolute Gasteiger partial charge is 0.248 e. The van der Waals surface area contributed by atoms with Crippen LogP contribution in [-0.4, -0.2) is 26.6 Å². The maximum atomic E-state index is 13.2. The van der Waals surface area contributed by atoms with Gasteiger partial charge in [0.2, 0.25) is 15.9 Å². The Balaban J connectivity index is 1.88. The van der Waals surface area contributed by atoms with Crippen molar-refractivity contribution in [3.05, 3.63) is 84.9 Å². The van der Waals surface area contributed by atoms with Crippen LogP contribution < -0.4 is 9.62 Å². The van der Waals surface area contributed by atoms with Crippen molar-refractivity contribution in [3.63, 3.8) is 0 Å². The summed E-state index contributed by atoms with van der Waals surface area (Å²) < 4.78 is 26.3. The molecule has 0 fully saturated rings. The number of rotatable bonds is 8. The highest BCUT2D eigenvalue weighted by Crippen LogP contribution is 2.33. The van der Waals surface area contributed by atoms with Crippen molar-refractivity contribution >= 4 is 39.1 Å². The molecule has 0 aromatic heterocycles. The highest BCUT2D eigenvalue weighted by atomic mass is 32.2. The lowest BCUT2D eigenvalue weighted by Crippen LogP contribution is -2.47. The van der Waals surface area contributed by atoms with Gasteiger partial charge in [0.1, 0.15) is 6.04 Å². The van der Waals surface area contributed by atoms with Gasteiger partial charge in [0.25, 0.3) is 0 Å². The summed E-state index contributed by atoms with van der Waals surface area (Å²) >= 11 is 1.54. The molecular formula is C23H24N2O3S2. The molecule has 7 heteroatoms. The fourth-order valence-electron chi connectivity index (χ4n) is 3.13. The molecule has 3 aromatic rings. The first kappa shape index (κ1) is 21.9. The number of nitrogens with zero attached hydrogens (tertiary/aromatic N) is 1. The molecule has 1 atom stereocenters. The summed E-state index contributed by atoms with van der Waals surface area (Å²) in [6.07, 6.45) is 1.46. The Morgan fingerprint density at radius 1 is 0.933 bits per heavy atom. The second-order valence-corrected chi connectivity index (χ2v) is 9.69. The van der Waals surface area contributed by atoms with Crippen molar-refractivity contribution in [1.29, 1.82) is 0 Å². The van der Waals surface area contributed by atoms with Gasteiger partial charge in [-0.1, -0.05) is 67.2 Å². The highest BCUT2D eigenvalue weighted by molar-refractivity contribution is 7.99. The van der Waals surface area contributed by atoms with Crippen molar-refractivity contribution in [2.75, 3.05) is 15.9 Å². The van der Waals surface area contributed by atoms with Gasteiger partial charge in [-0.25, -0.2) is 8.42 Å². The van der Waals surface area contributed by atoms with Gasteiger partial charge in [0, 0.05) is 9.79 Å².